The van der Waals surface area contributed by atoms with Crippen molar-refractivity contribution in [1.82, 2.24) is 0 Å². The van der Waals surface area contributed by atoms with Crippen molar-refractivity contribution in [3.05, 3.63) is 35.6 Å². The second kappa shape index (κ2) is 3.05. The Bertz CT molecular complexity index is 440. The van der Waals surface area contributed by atoms with Crippen LogP contribution in [-0.2, 0) is 11.2 Å². The molecule has 0 saturated heterocycles. The topological polar surface area (TPSA) is 30.2 Å². The molecule has 2 aromatic rings. The maximum Gasteiger partial charge on any atom is 0.137 e. The van der Waals surface area contributed by atoms with Crippen molar-refractivity contribution in [2.45, 2.75) is 13.3 Å². The van der Waals surface area contributed by atoms with E-state index in [2.05, 4.69) is 0 Å². The van der Waals surface area contributed by atoms with Crippen LogP contribution in [0.15, 0.2) is 28.9 Å². The predicted octanol–water partition coefficient (Wildman–Crippen LogP) is 2.48. The number of carbonyl (C=O) groups excluding carboxylic acids is 1. The van der Waals surface area contributed by atoms with E-state index in [1.54, 1.807) is 6.26 Å². The molecule has 66 valence electrons. The summed E-state index contributed by atoms with van der Waals surface area (Å²) < 4.78 is 5.30. The molecule has 13 heavy (non-hydrogen) atoms. The Morgan fingerprint density at radius 2 is 2.31 bits per heavy atom. The van der Waals surface area contributed by atoms with E-state index in [-0.39, 0.29) is 0 Å². The van der Waals surface area contributed by atoms with Gasteiger partial charge in [-0.25, -0.2) is 0 Å². The van der Waals surface area contributed by atoms with Crippen LogP contribution in [0.3, 0.4) is 0 Å². The van der Waals surface area contributed by atoms with E-state index in [1.807, 2.05) is 25.1 Å². The Labute approximate surface area is 76.2 Å². The molecule has 2 nitrogen and oxygen atoms in total. The third-order valence-electron chi connectivity index (χ3n) is 2.08. The number of furan rings is 1. The summed E-state index contributed by atoms with van der Waals surface area (Å²) in [5, 5.41) is 1.07. The van der Waals surface area contributed by atoms with Crippen LogP contribution in [0, 0.1) is 6.92 Å². The summed E-state index contributed by atoms with van der Waals surface area (Å²) in [5.74, 6) is 0. The molecule has 0 bridgehead atoms. The highest BCUT2D eigenvalue weighted by Gasteiger charge is 2.04. The Morgan fingerprint density at radius 1 is 1.46 bits per heavy atom. The zero-order valence-electron chi connectivity index (χ0n) is 7.41. The minimum absolute atomic E-state index is 0.422. The van der Waals surface area contributed by atoms with Gasteiger partial charge in [-0.2, -0.15) is 0 Å². The van der Waals surface area contributed by atoms with Gasteiger partial charge in [0.25, 0.3) is 0 Å². The molecule has 0 amide bonds. The minimum atomic E-state index is 0.422. The summed E-state index contributed by atoms with van der Waals surface area (Å²) >= 11 is 0. The molecule has 2 rings (SSSR count). The van der Waals surface area contributed by atoms with Gasteiger partial charge in [-0.15, -0.1) is 0 Å². The predicted molar refractivity (Wildman–Crippen MR) is 50.7 cm³/mol. The average molecular weight is 174 g/mol. The first-order valence-electron chi connectivity index (χ1n) is 4.21. The molecular formula is C11H10O2. The molecule has 0 saturated carbocycles. The van der Waals surface area contributed by atoms with Crippen molar-refractivity contribution < 1.29 is 9.21 Å². The van der Waals surface area contributed by atoms with Crippen LogP contribution in [-0.4, -0.2) is 6.29 Å². The van der Waals surface area contributed by atoms with Crippen molar-refractivity contribution in [2.24, 2.45) is 0 Å². The lowest BCUT2D eigenvalue weighted by Crippen LogP contribution is -1.87. The van der Waals surface area contributed by atoms with Gasteiger partial charge < -0.3 is 9.21 Å². The molecule has 0 N–H and O–H groups in total. The van der Waals surface area contributed by atoms with Crippen molar-refractivity contribution >= 4 is 17.3 Å². The summed E-state index contributed by atoms with van der Waals surface area (Å²) in [4.78, 5) is 10.4. The normalized spacial score (nSPS) is 10.5. The van der Waals surface area contributed by atoms with Gasteiger partial charge in [-0.05, 0) is 24.6 Å². The third-order valence-corrected chi connectivity index (χ3v) is 2.08. The lowest BCUT2D eigenvalue weighted by molar-refractivity contribution is -0.107. The number of aldehydes is 1. The Morgan fingerprint density at radius 3 is 3.08 bits per heavy atom. The van der Waals surface area contributed by atoms with Gasteiger partial charge in [-0.1, -0.05) is 6.07 Å². The lowest BCUT2D eigenvalue weighted by atomic mass is 10.1. The van der Waals surface area contributed by atoms with E-state index in [1.165, 1.54) is 0 Å². The maximum atomic E-state index is 10.4. The quantitative estimate of drug-likeness (QED) is 0.655. The molecule has 0 aliphatic heterocycles. The fourth-order valence-electron chi connectivity index (χ4n) is 1.56. The SMILES string of the molecule is Cc1cc(CC=O)c2occc2c1. The number of hydrogen-bond acceptors (Lipinski definition) is 2. The van der Waals surface area contributed by atoms with Gasteiger partial charge in [0.15, 0.2) is 0 Å². The highest BCUT2D eigenvalue weighted by Crippen LogP contribution is 2.21. The molecule has 0 aliphatic rings. The number of rotatable bonds is 2. The van der Waals surface area contributed by atoms with Crippen molar-refractivity contribution in [3.63, 3.8) is 0 Å². The molecule has 0 aliphatic carbocycles. The van der Waals surface area contributed by atoms with E-state index in [0.717, 1.165) is 28.4 Å². The van der Waals surface area contributed by atoms with Gasteiger partial charge in [0.05, 0.1) is 6.26 Å². The maximum absolute atomic E-state index is 10.4. The standard InChI is InChI=1S/C11H10O2/c1-8-6-9(2-4-12)11-10(7-8)3-5-13-11/h3-7H,2H2,1H3. The van der Waals surface area contributed by atoms with Crippen LogP contribution in [0.25, 0.3) is 11.0 Å². The Hall–Kier alpha value is -1.57. The summed E-state index contributed by atoms with van der Waals surface area (Å²) in [5.41, 5.74) is 2.96. The molecule has 1 aromatic heterocycles. The molecule has 0 spiro atoms. The van der Waals surface area contributed by atoms with E-state index >= 15 is 0 Å². The van der Waals surface area contributed by atoms with Crippen LogP contribution >= 0.6 is 0 Å². The van der Waals surface area contributed by atoms with E-state index in [4.69, 9.17) is 4.42 Å². The van der Waals surface area contributed by atoms with E-state index < -0.39 is 0 Å². The number of hydrogen-bond donors (Lipinski definition) is 0. The van der Waals surface area contributed by atoms with Crippen LogP contribution in [0.2, 0.25) is 0 Å². The largest absolute Gasteiger partial charge is 0.464 e. The van der Waals surface area contributed by atoms with Crippen LogP contribution < -0.4 is 0 Å². The molecular weight excluding hydrogens is 164 g/mol. The molecule has 0 unspecified atom stereocenters. The van der Waals surface area contributed by atoms with Gasteiger partial charge in [0.1, 0.15) is 11.9 Å². The fourth-order valence-corrected chi connectivity index (χ4v) is 1.56. The molecule has 0 fully saturated rings. The van der Waals surface area contributed by atoms with Gasteiger partial charge in [-0.3, -0.25) is 0 Å². The van der Waals surface area contributed by atoms with Crippen LogP contribution in [0.5, 0.6) is 0 Å². The summed E-state index contributed by atoms with van der Waals surface area (Å²) in [6.07, 6.45) is 2.97. The average Bonchev–Trinajstić information content (AvgIpc) is 2.52. The van der Waals surface area contributed by atoms with E-state index in [0.29, 0.717) is 6.42 Å². The van der Waals surface area contributed by atoms with Crippen LogP contribution in [0.4, 0.5) is 0 Å². The monoisotopic (exact) mass is 174 g/mol. The molecule has 2 heteroatoms. The zero-order chi connectivity index (χ0) is 9.26. The summed E-state index contributed by atoms with van der Waals surface area (Å²) in [6.45, 7) is 2.01. The first kappa shape index (κ1) is 8.05. The van der Waals surface area contributed by atoms with Crippen molar-refractivity contribution in [1.29, 1.82) is 0 Å². The third kappa shape index (κ3) is 1.35. The fraction of sp³-hybridized carbons (Fsp3) is 0.182. The minimum Gasteiger partial charge on any atom is -0.464 e. The summed E-state index contributed by atoms with van der Waals surface area (Å²) in [7, 11) is 0. The van der Waals surface area contributed by atoms with E-state index in [9.17, 15) is 4.79 Å². The van der Waals surface area contributed by atoms with Crippen LogP contribution in [0.1, 0.15) is 11.1 Å². The highest BCUT2D eigenvalue weighted by molar-refractivity contribution is 5.83. The second-order valence-electron chi connectivity index (χ2n) is 3.13. The summed E-state index contributed by atoms with van der Waals surface area (Å²) in [6, 6.07) is 5.95. The number of carbonyl (C=O) groups is 1. The molecule has 1 aromatic carbocycles. The number of benzene rings is 1. The second-order valence-corrected chi connectivity index (χ2v) is 3.13. The molecule has 1 heterocycles. The lowest BCUT2D eigenvalue weighted by Gasteiger charge is -1.99. The van der Waals surface area contributed by atoms with Gasteiger partial charge in [0, 0.05) is 17.4 Å². The highest BCUT2D eigenvalue weighted by atomic mass is 16.3. The first-order chi connectivity index (χ1) is 6.31. The van der Waals surface area contributed by atoms with Gasteiger partial charge >= 0.3 is 0 Å². The zero-order valence-corrected chi connectivity index (χ0v) is 7.41. The van der Waals surface area contributed by atoms with Crippen molar-refractivity contribution in [3.8, 4) is 0 Å². The molecule has 0 atom stereocenters. The Kier molecular flexibility index (Phi) is 1.89. The molecule has 0 radical (unpaired) electrons. The first-order valence-corrected chi connectivity index (χ1v) is 4.21. The number of aryl methyl sites for hydroxylation is 1. The Balaban J connectivity index is 2.69. The van der Waals surface area contributed by atoms with Gasteiger partial charge in [0.2, 0.25) is 0 Å². The number of fused-ring (bicyclic) bond motifs is 1. The van der Waals surface area contributed by atoms with Crippen molar-refractivity contribution in [2.75, 3.05) is 0 Å². The smallest absolute Gasteiger partial charge is 0.137 e.